The summed E-state index contributed by atoms with van der Waals surface area (Å²) in [6.45, 7) is 0. The summed E-state index contributed by atoms with van der Waals surface area (Å²) in [4.78, 5) is 17.1. The third-order valence-corrected chi connectivity index (χ3v) is 5.64. The van der Waals surface area contributed by atoms with Crippen LogP contribution in [0.3, 0.4) is 0 Å². The Bertz CT molecular complexity index is 1280. The average Bonchev–Trinajstić information content (AvgIpc) is 3.11. The van der Waals surface area contributed by atoms with Gasteiger partial charge in [-0.1, -0.05) is 48.5 Å². The van der Waals surface area contributed by atoms with Crippen molar-refractivity contribution in [1.29, 1.82) is 0 Å². The summed E-state index contributed by atoms with van der Waals surface area (Å²) < 4.78 is 0.991. The Labute approximate surface area is 140 Å². The van der Waals surface area contributed by atoms with E-state index >= 15 is 0 Å². The SMILES string of the molecule is O=C1N=c2ccccc2=C1c1sc2c(ccc3ccccc32)c1O. The van der Waals surface area contributed by atoms with E-state index in [1.165, 1.54) is 11.3 Å². The van der Waals surface area contributed by atoms with Crippen LogP contribution >= 0.6 is 11.3 Å². The molecular formula is C20H11NO2S. The van der Waals surface area contributed by atoms with Crippen molar-refractivity contribution < 1.29 is 9.90 Å². The van der Waals surface area contributed by atoms with Gasteiger partial charge in [-0.05, 0) is 22.9 Å². The van der Waals surface area contributed by atoms with Crippen molar-refractivity contribution >= 4 is 43.7 Å². The minimum absolute atomic E-state index is 0.163. The highest BCUT2D eigenvalue weighted by atomic mass is 32.1. The van der Waals surface area contributed by atoms with Crippen LogP contribution in [0, 0.1) is 0 Å². The Morgan fingerprint density at radius 1 is 0.875 bits per heavy atom. The lowest BCUT2D eigenvalue weighted by Gasteiger charge is -1.98. The summed E-state index contributed by atoms with van der Waals surface area (Å²) in [6.07, 6.45) is 0. The second-order valence-electron chi connectivity index (χ2n) is 5.75. The van der Waals surface area contributed by atoms with Crippen LogP contribution in [0.5, 0.6) is 5.75 Å². The Hall–Kier alpha value is -2.98. The topological polar surface area (TPSA) is 49.7 Å². The van der Waals surface area contributed by atoms with Crippen LogP contribution in [0.2, 0.25) is 0 Å². The largest absolute Gasteiger partial charge is 0.506 e. The highest BCUT2D eigenvalue weighted by molar-refractivity contribution is 7.21. The molecule has 1 aliphatic rings. The first-order chi connectivity index (χ1) is 11.7. The Balaban J connectivity index is 1.93. The highest BCUT2D eigenvalue weighted by Crippen LogP contribution is 2.43. The number of benzene rings is 3. The third-order valence-electron chi connectivity index (χ3n) is 4.39. The quantitative estimate of drug-likeness (QED) is 0.583. The van der Waals surface area contributed by atoms with Gasteiger partial charge in [0.1, 0.15) is 5.75 Å². The van der Waals surface area contributed by atoms with Crippen LogP contribution < -0.4 is 10.6 Å². The number of nitrogens with zero attached hydrogens (tertiary/aromatic N) is 1. The number of rotatable bonds is 1. The fourth-order valence-corrected chi connectivity index (χ4v) is 4.54. The maximum Gasteiger partial charge on any atom is 0.279 e. The van der Waals surface area contributed by atoms with Gasteiger partial charge in [0.25, 0.3) is 5.91 Å². The molecule has 0 spiro atoms. The maximum atomic E-state index is 12.4. The molecule has 0 atom stereocenters. The zero-order chi connectivity index (χ0) is 16.3. The predicted molar refractivity (Wildman–Crippen MR) is 95.7 cm³/mol. The molecule has 0 radical (unpaired) electrons. The number of hydrogen-bond donors (Lipinski definition) is 1. The molecule has 1 aliphatic heterocycles. The van der Waals surface area contributed by atoms with Crippen LogP contribution in [-0.4, -0.2) is 11.0 Å². The molecule has 114 valence electrons. The molecule has 0 saturated carbocycles. The van der Waals surface area contributed by atoms with Crippen LogP contribution in [0.1, 0.15) is 4.88 Å². The van der Waals surface area contributed by atoms with Crippen molar-refractivity contribution in [1.82, 2.24) is 0 Å². The van der Waals surface area contributed by atoms with E-state index in [0.29, 0.717) is 15.8 Å². The van der Waals surface area contributed by atoms with Gasteiger partial charge >= 0.3 is 0 Å². The number of carbonyl (C=O) groups is 1. The molecule has 24 heavy (non-hydrogen) atoms. The molecule has 5 rings (SSSR count). The fraction of sp³-hybridized carbons (Fsp3) is 0. The number of amides is 1. The molecular weight excluding hydrogens is 318 g/mol. The van der Waals surface area contributed by atoms with Gasteiger partial charge in [0.15, 0.2) is 0 Å². The van der Waals surface area contributed by atoms with Crippen molar-refractivity contribution in [3.05, 3.63) is 76.1 Å². The molecule has 4 heteroatoms. The van der Waals surface area contributed by atoms with Gasteiger partial charge in [-0.2, -0.15) is 0 Å². The molecule has 4 aromatic rings. The minimum Gasteiger partial charge on any atom is -0.506 e. The van der Waals surface area contributed by atoms with Crippen molar-refractivity contribution in [3.8, 4) is 5.75 Å². The van der Waals surface area contributed by atoms with E-state index in [4.69, 9.17) is 0 Å². The Kier molecular flexibility index (Phi) is 2.67. The first kappa shape index (κ1) is 13.5. The monoisotopic (exact) mass is 329 g/mol. The zero-order valence-corrected chi connectivity index (χ0v) is 13.3. The molecule has 0 saturated heterocycles. The molecule has 1 amide bonds. The summed E-state index contributed by atoms with van der Waals surface area (Å²) in [5, 5.41) is 15.2. The number of fused-ring (bicyclic) bond motifs is 4. The van der Waals surface area contributed by atoms with Gasteiger partial charge in [0.2, 0.25) is 0 Å². The van der Waals surface area contributed by atoms with Crippen molar-refractivity contribution in [2.75, 3.05) is 0 Å². The molecule has 3 aromatic carbocycles. The summed E-state index contributed by atoms with van der Waals surface area (Å²) in [7, 11) is 0. The van der Waals surface area contributed by atoms with E-state index in [9.17, 15) is 9.90 Å². The zero-order valence-electron chi connectivity index (χ0n) is 12.5. The minimum atomic E-state index is -0.289. The Morgan fingerprint density at radius 3 is 2.58 bits per heavy atom. The number of carbonyl (C=O) groups excluding carboxylic acids is 1. The highest BCUT2D eigenvalue weighted by Gasteiger charge is 2.24. The fourth-order valence-electron chi connectivity index (χ4n) is 3.26. The van der Waals surface area contributed by atoms with Gasteiger partial charge in [-0.3, -0.25) is 4.79 Å². The number of thiophene rings is 1. The van der Waals surface area contributed by atoms with E-state index < -0.39 is 0 Å². The Morgan fingerprint density at radius 2 is 1.67 bits per heavy atom. The molecule has 0 unspecified atom stereocenters. The van der Waals surface area contributed by atoms with E-state index in [2.05, 4.69) is 4.99 Å². The molecule has 0 aliphatic carbocycles. The van der Waals surface area contributed by atoms with Crippen molar-refractivity contribution in [2.45, 2.75) is 0 Å². The number of aromatic hydroxyl groups is 1. The van der Waals surface area contributed by atoms with Crippen LogP contribution in [0.4, 0.5) is 0 Å². The average molecular weight is 329 g/mol. The lowest BCUT2D eigenvalue weighted by molar-refractivity contribution is -0.112. The summed E-state index contributed by atoms with van der Waals surface area (Å²) >= 11 is 1.45. The lowest BCUT2D eigenvalue weighted by atomic mass is 10.1. The van der Waals surface area contributed by atoms with E-state index in [0.717, 1.165) is 26.1 Å². The smallest absolute Gasteiger partial charge is 0.279 e. The van der Waals surface area contributed by atoms with Gasteiger partial charge < -0.3 is 5.11 Å². The third kappa shape index (κ3) is 1.71. The molecule has 1 aromatic heterocycles. The van der Waals surface area contributed by atoms with Gasteiger partial charge in [0, 0.05) is 15.3 Å². The molecule has 0 bridgehead atoms. The maximum absolute atomic E-state index is 12.4. The molecule has 3 nitrogen and oxygen atoms in total. The van der Waals surface area contributed by atoms with E-state index in [1.54, 1.807) is 0 Å². The first-order valence-corrected chi connectivity index (χ1v) is 8.42. The van der Waals surface area contributed by atoms with Crippen LogP contribution in [-0.2, 0) is 4.79 Å². The van der Waals surface area contributed by atoms with Gasteiger partial charge in [0.05, 0.1) is 15.8 Å². The lowest BCUT2D eigenvalue weighted by Crippen LogP contribution is -2.22. The number of hydrogen-bond acceptors (Lipinski definition) is 3. The van der Waals surface area contributed by atoms with E-state index in [-0.39, 0.29) is 11.7 Å². The van der Waals surface area contributed by atoms with Gasteiger partial charge in [-0.25, -0.2) is 4.99 Å². The van der Waals surface area contributed by atoms with Gasteiger partial charge in [-0.15, -0.1) is 11.3 Å². The number of para-hydroxylation sites is 1. The molecule has 1 N–H and O–H groups in total. The second-order valence-corrected chi connectivity index (χ2v) is 6.77. The second kappa shape index (κ2) is 4.76. The molecule has 2 heterocycles. The van der Waals surface area contributed by atoms with E-state index in [1.807, 2.05) is 60.7 Å². The van der Waals surface area contributed by atoms with Crippen LogP contribution in [0.15, 0.2) is 65.7 Å². The van der Waals surface area contributed by atoms with Crippen LogP contribution in [0.25, 0.3) is 26.4 Å². The summed E-state index contributed by atoms with van der Waals surface area (Å²) in [6, 6.07) is 19.4. The predicted octanol–water partition coefficient (Wildman–Crippen LogP) is 3.12. The van der Waals surface area contributed by atoms with Crippen molar-refractivity contribution in [2.24, 2.45) is 4.99 Å². The standard InChI is InChI=1S/C20H11NO2S/c22-17-14-10-9-11-5-1-2-6-12(11)18(14)24-19(17)16-13-7-3-4-8-15(13)21-20(16)23/h1-10,22H. The summed E-state index contributed by atoms with van der Waals surface area (Å²) in [5.41, 5.74) is 0.494. The normalized spacial score (nSPS) is 13.5. The van der Waals surface area contributed by atoms with Crippen molar-refractivity contribution in [3.63, 3.8) is 0 Å². The molecule has 0 fully saturated rings. The summed E-state index contributed by atoms with van der Waals surface area (Å²) in [5.74, 6) is -0.127. The first-order valence-electron chi connectivity index (χ1n) is 7.60.